The summed E-state index contributed by atoms with van der Waals surface area (Å²) in [5.41, 5.74) is 2.35. The van der Waals surface area contributed by atoms with Crippen molar-refractivity contribution in [3.8, 4) is 0 Å². The van der Waals surface area contributed by atoms with Crippen molar-refractivity contribution in [3.63, 3.8) is 0 Å². The van der Waals surface area contributed by atoms with E-state index in [0.29, 0.717) is 13.0 Å². The topological polar surface area (TPSA) is 52.6 Å². The van der Waals surface area contributed by atoms with Crippen LogP contribution in [0.4, 0.5) is 4.79 Å². The van der Waals surface area contributed by atoms with Gasteiger partial charge in [0.05, 0.1) is 12.1 Å². The fraction of sp³-hybridized carbons (Fsp3) is 0.650. The van der Waals surface area contributed by atoms with E-state index < -0.39 is 0 Å². The molecule has 0 saturated carbocycles. The minimum Gasteiger partial charge on any atom is -0.393 e. The quantitative estimate of drug-likeness (QED) is 0.855. The molecule has 1 aliphatic rings. The van der Waals surface area contributed by atoms with Crippen molar-refractivity contribution in [2.75, 3.05) is 13.1 Å². The molecule has 1 saturated heterocycles. The van der Waals surface area contributed by atoms with Crippen LogP contribution in [-0.4, -0.2) is 35.2 Å². The van der Waals surface area contributed by atoms with Gasteiger partial charge in [0.15, 0.2) is 0 Å². The first-order chi connectivity index (χ1) is 11.3. The summed E-state index contributed by atoms with van der Waals surface area (Å²) in [4.78, 5) is 14.7. The van der Waals surface area contributed by atoms with Crippen LogP contribution in [0.3, 0.4) is 0 Å². The predicted molar refractivity (Wildman–Crippen MR) is 98.0 cm³/mol. The van der Waals surface area contributed by atoms with Gasteiger partial charge < -0.3 is 15.3 Å². The fourth-order valence-electron chi connectivity index (χ4n) is 3.60. The second-order valence-electron chi connectivity index (χ2n) is 7.99. The van der Waals surface area contributed by atoms with Crippen LogP contribution in [0.2, 0.25) is 0 Å². The highest BCUT2D eigenvalue weighted by Crippen LogP contribution is 2.31. The van der Waals surface area contributed by atoms with Crippen molar-refractivity contribution in [2.45, 2.75) is 65.5 Å². The summed E-state index contributed by atoms with van der Waals surface area (Å²) in [7, 11) is 0. The normalized spacial score (nSPS) is 19.9. The SMILES string of the molecule is Cc1ccc(C2CCCCN2C(=O)NCC(C)(C)CC(C)O)cc1. The highest BCUT2D eigenvalue weighted by Gasteiger charge is 2.29. The van der Waals surface area contributed by atoms with Crippen LogP contribution in [-0.2, 0) is 0 Å². The van der Waals surface area contributed by atoms with Gasteiger partial charge in [0.2, 0.25) is 0 Å². The van der Waals surface area contributed by atoms with E-state index in [1.165, 1.54) is 11.1 Å². The number of nitrogens with zero attached hydrogens (tertiary/aromatic N) is 1. The molecule has 0 spiro atoms. The summed E-state index contributed by atoms with van der Waals surface area (Å²) in [6.07, 6.45) is 3.57. The zero-order valence-electron chi connectivity index (χ0n) is 15.5. The smallest absolute Gasteiger partial charge is 0.317 e. The van der Waals surface area contributed by atoms with Gasteiger partial charge in [0.25, 0.3) is 0 Å². The zero-order valence-corrected chi connectivity index (χ0v) is 15.5. The second kappa shape index (κ2) is 8.02. The minimum atomic E-state index is -0.354. The van der Waals surface area contributed by atoms with Crippen LogP contribution < -0.4 is 5.32 Å². The Morgan fingerprint density at radius 1 is 1.33 bits per heavy atom. The van der Waals surface area contributed by atoms with Gasteiger partial charge in [-0.3, -0.25) is 0 Å². The van der Waals surface area contributed by atoms with Crippen LogP contribution in [0.15, 0.2) is 24.3 Å². The molecule has 1 fully saturated rings. The number of benzene rings is 1. The Hall–Kier alpha value is -1.55. The standard InChI is InChI=1S/C20H32N2O2/c1-15-8-10-17(11-9-15)18-7-5-6-12-22(18)19(24)21-14-20(3,4)13-16(2)23/h8-11,16,18,23H,5-7,12-14H2,1-4H3,(H,21,24). The van der Waals surface area contributed by atoms with Crippen LogP contribution in [0, 0.1) is 12.3 Å². The minimum absolute atomic E-state index is 0.0129. The molecule has 0 bridgehead atoms. The average Bonchev–Trinajstić information content (AvgIpc) is 2.52. The molecule has 4 nitrogen and oxygen atoms in total. The Bertz CT molecular complexity index is 537. The molecular weight excluding hydrogens is 300 g/mol. The maximum Gasteiger partial charge on any atom is 0.317 e. The van der Waals surface area contributed by atoms with Gasteiger partial charge in [0, 0.05) is 13.1 Å². The van der Waals surface area contributed by atoms with Gasteiger partial charge in [0.1, 0.15) is 0 Å². The molecule has 134 valence electrons. The number of carbonyl (C=O) groups is 1. The van der Waals surface area contributed by atoms with E-state index in [4.69, 9.17) is 0 Å². The van der Waals surface area contributed by atoms with E-state index in [2.05, 4.69) is 50.4 Å². The molecule has 1 heterocycles. The Morgan fingerprint density at radius 3 is 2.62 bits per heavy atom. The molecule has 1 aromatic carbocycles. The Kier molecular flexibility index (Phi) is 6.27. The van der Waals surface area contributed by atoms with E-state index in [1.807, 2.05) is 4.90 Å². The van der Waals surface area contributed by atoms with Gasteiger partial charge in [-0.1, -0.05) is 43.7 Å². The molecule has 1 aliphatic heterocycles. The molecule has 0 radical (unpaired) electrons. The van der Waals surface area contributed by atoms with E-state index >= 15 is 0 Å². The largest absolute Gasteiger partial charge is 0.393 e. The number of carbonyl (C=O) groups excluding carboxylic acids is 1. The number of aliphatic hydroxyl groups excluding tert-OH is 1. The fourth-order valence-corrected chi connectivity index (χ4v) is 3.60. The van der Waals surface area contributed by atoms with Crippen molar-refractivity contribution in [1.29, 1.82) is 0 Å². The summed E-state index contributed by atoms with van der Waals surface area (Å²) in [6, 6.07) is 8.70. The number of nitrogens with one attached hydrogen (secondary N) is 1. The van der Waals surface area contributed by atoms with Gasteiger partial charge in [-0.15, -0.1) is 0 Å². The molecule has 2 unspecified atom stereocenters. The lowest BCUT2D eigenvalue weighted by Crippen LogP contribution is -2.47. The Balaban J connectivity index is 2.01. The third-order valence-electron chi connectivity index (χ3n) is 4.79. The molecule has 0 aliphatic carbocycles. The van der Waals surface area contributed by atoms with Gasteiger partial charge >= 0.3 is 6.03 Å². The monoisotopic (exact) mass is 332 g/mol. The summed E-state index contributed by atoms with van der Waals surface area (Å²) in [5, 5.41) is 12.7. The number of rotatable bonds is 5. The summed E-state index contributed by atoms with van der Waals surface area (Å²) in [6.45, 7) is 9.41. The van der Waals surface area contributed by atoms with Crippen LogP contribution >= 0.6 is 0 Å². The summed E-state index contributed by atoms with van der Waals surface area (Å²) >= 11 is 0. The van der Waals surface area contributed by atoms with Gasteiger partial charge in [-0.25, -0.2) is 4.79 Å². The number of urea groups is 1. The van der Waals surface area contributed by atoms with E-state index in [-0.39, 0.29) is 23.6 Å². The Morgan fingerprint density at radius 2 is 2.00 bits per heavy atom. The number of aliphatic hydroxyl groups is 1. The number of hydrogen-bond acceptors (Lipinski definition) is 2. The van der Waals surface area contributed by atoms with Crippen molar-refractivity contribution >= 4 is 6.03 Å². The third kappa shape index (κ3) is 5.23. The molecule has 4 heteroatoms. The average molecular weight is 332 g/mol. The maximum absolute atomic E-state index is 12.7. The van der Waals surface area contributed by atoms with E-state index in [9.17, 15) is 9.90 Å². The number of likely N-dealkylation sites (tertiary alicyclic amines) is 1. The van der Waals surface area contributed by atoms with Gasteiger partial charge in [-0.05, 0) is 50.5 Å². The van der Waals surface area contributed by atoms with Crippen LogP contribution in [0.5, 0.6) is 0 Å². The summed E-state index contributed by atoms with van der Waals surface area (Å²) in [5.74, 6) is 0. The maximum atomic E-state index is 12.7. The molecule has 2 atom stereocenters. The zero-order chi connectivity index (χ0) is 17.7. The molecule has 2 amide bonds. The summed E-state index contributed by atoms with van der Waals surface area (Å²) < 4.78 is 0. The Labute approximate surface area is 146 Å². The second-order valence-corrected chi connectivity index (χ2v) is 7.99. The highest BCUT2D eigenvalue weighted by atomic mass is 16.3. The molecule has 1 aromatic rings. The first-order valence-electron chi connectivity index (χ1n) is 9.07. The molecule has 0 aromatic heterocycles. The molecular formula is C20H32N2O2. The van der Waals surface area contributed by atoms with E-state index in [0.717, 1.165) is 25.8 Å². The third-order valence-corrected chi connectivity index (χ3v) is 4.79. The first kappa shape index (κ1) is 18.8. The lowest BCUT2D eigenvalue weighted by Gasteiger charge is -2.37. The molecule has 2 N–H and O–H groups in total. The van der Waals surface area contributed by atoms with Crippen LogP contribution in [0.25, 0.3) is 0 Å². The van der Waals surface area contributed by atoms with Crippen molar-refractivity contribution < 1.29 is 9.90 Å². The molecule has 2 rings (SSSR count). The number of piperidine rings is 1. The number of aryl methyl sites for hydroxylation is 1. The number of hydrogen-bond donors (Lipinski definition) is 2. The van der Waals surface area contributed by atoms with Crippen molar-refractivity contribution in [2.24, 2.45) is 5.41 Å². The van der Waals surface area contributed by atoms with Crippen molar-refractivity contribution in [1.82, 2.24) is 10.2 Å². The van der Waals surface area contributed by atoms with Crippen LogP contribution in [0.1, 0.15) is 63.6 Å². The van der Waals surface area contributed by atoms with E-state index in [1.54, 1.807) is 6.92 Å². The molecule has 24 heavy (non-hydrogen) atoms. The lowest BCUT2D eigenvalue weighted by molar-refractivity contribution is 0.121. The van der Waals surface area contributed by atoms with Gasteiger partial charge in [-0.2, -0.15) is 0 Å². The lowest BCUT2D eigenvalue weighted by atomic mass is 9.87. The highest BCUT2D eigenvalue weighted by molar-refractivity contribution is 5.75. The number of amides is 2. The first-order valence-corrected chi connectivity index (χ1v) is 9.07. The predicted octanol–water partition coefficient (Wildman–Crippen LogP) is 4.03. The van der Waals surface area contributed by atoms with Crippen molar-refractivity contribution in [3.05, 3.63) is 35.4 Å².